The number of hydrogen-bond acceptors (Lipinski definition) is 4. The summed E-state index contributed by atoms with van der Waals surface area (Å²) in [5.74, 6) is 1.47. The minimum Gasteiger partial charge on any atom is -0.373 e. The summed E-state index contributed by atoms with van der Waals surface area (Å²) in [6.45, 7) is 0. The maximum atomic E-state index is 4.74. The van der Waals surface area contributed by atoms with Crippen LogP contribution >= 0.6 is 0 Å². The minimum absolute atomic E-state index is 0.667. The third-order valence-electron chi connectivity index (χ3n) is 4.76. The molecule has 0 amide bonds. The molecule has 3 heterocycles. The first-order valence-corrected chi connectivity index (χ1v) is 8.80. The summed E-state index contributed by atoms with van der Waals surface area (Å²) in [5, 5.41) is 5.41. The number of benzene rings is 2. The number of nitrogens with one attached hydrogen (secondary N) is 2. The molecule has 0 bridgehead atoms. The van der Waals surface area contributed by atoms with Crippen LogP contribution in [0.25, 0.3) is 44.3 Å². The summed E-state index contributed by atoms with van der Waals surface area (Å²) < 4.78 is 0. The fourth-order valence-electron chi connectivity index (χ4n) is 3.45. The molecule has 0 saturated heterocycles. The standard InChI is InChI=1S/C22H17N5/c1-23-22-18-12-14(16-5-2-6-19-17(16)9-11-25-19)7-8-20(18)26-21(27-22)15-4-3-10-24-13-15/h2-13,25H,1H3,(H,23,26,27). The number of aromatic amines is 1. The van der Waals surface area contributed by atoms with Crippen LogP contribution in [0.5, 0.6) is 0 Å². The maximum Gasteiger partial charge on any atom is 0.163 e. The highest BCUT2D eigenvalue weighted by molar-refractivity contribution is 5.99. The molecule has 0 radical (unpaired) electrons. The Labute approximate surface area is 156 Å². The quantitative estimate of drug-likeness (QED) is 0.486. The van der Waals surface area contributed by atoms with E-state index in [1.54, 1.807) is 12.4 Å². The van der Waals surface area contributed by atoms with E-state index in [1.807, 2.05) is 25.4 Å². The van der Waals surface area contributed by atoms with Crippen LogP contribution in [0.2, 0.25) is 0 Å². The zero-order chi connectivity index (χ0) is 18.2. The van der Waals surface area contributed by atoms with Gasteiger partial charge in [-0.1, -0.05) is 18.2 Å². The van der Waals surface area contributed by atoms with Crippen molar-refractivity contribution in [3.05, 3.63) is 73.2 Å². The maximum absolute atomic E-state index is 4.74. The largest absolute Gasteiger partial charge is 0.373 e. The topological polar surface area (TPSA) is 66.5 Å². The number of hydrogen-bond donors (Lipinski definition) is 2. The molecule has 5 aromatic rings. The molecule has 0 aliphatic rings. The van der Waals surface area contributed by atoms with Crippen LogP contribution in [0.1, 0.15) is 0 Å². The molecule has 2 aromatic carbocycles. The molecular formula is C22H17N5. The Balaban J connectivity index is 1.71. The lowest BCUT2D eigenvalue weighted by molar-refractivity contribution is 1.20. The molecule has 0 spiro atoms. The van der Waals surface area contributed by atoms with Crippen LogP contribution in [-0.4, -0.2) is 27.0 Å². The molecule has 2 N–H and O–H groups in total. The van der Waals surface area contributed by atoms with E-state index in [-0.39, 0.29) is 0 Å². The summed E-state index contributed by atoms with van der Waals surface area (Å²) in [6.07, 6.45) is 5.50. The Bertz CT molecular complexity index is 1260. The number of rotatable bonds is 3. The van der Waals surface area contributed by atoms with Gasteiger partial charge in [-0.15, -0.1) is 0 Å². The van der Waals surface area contributed by atoms with Crippen LogP contribution in [0.4, 0.5) is 5.82 Å². The van der Waals surface area contributed by atoms with E-state index >= 15 is 0 Å². The minimum atomic E-state index is 0.667. The highest BCUT2D eigenvalue weighted by Crippen LogP contribution is 2.32. The van der Waals surface area contributed by atoms with E-state index in [1.165, 1.54) is 10.9 Å². The summed E-state index contributed by atoms with van der Waals surface area (Å²) in [6, 6.07) is 18.6. The smallest absolute Gasteiger partial charge is 0.163 e. The van der Waals surface area contributed by atoms with Crippen LogP contribution in [0.15, 0.2) is 73.2 Å². The summed E-state index contributed by atoms with van der Waals surface area (Å²) >= 11 is 0. The van der Waals surface area contributed by atoms with Gasteiger partial charge in [0.1, 0.15) is 5.82 Å². The average Bonchev–Trinajstić information content (AvgIpc) is 3.22. The Morgan fingerprint density at radius 2 is 1.85 bits per heavy atom. The van der Waals surface area contributed by atoms with Crippen LogP contribution in [-0.2, 0) is 0 Å². The number of H-pyrrole nitrogens is 1. The van der Waals surface area contributed by atoms with Gasteiger partial charge in [0.25, 0.3) is 0 Å². The fourth-order valence-corrected chi connectivity index (χ4v) is 3.45. The van der Waals surface area contributed by atoms with Crippen molar-refractivity contribution < 1.29 is 0 Å². The Hall–Kier alpha value is -3.73. The number of anilines is 1. The van der Waals surface area contributed by atoms with Gasteiger partial charge in [-0.2, -0.15) is 0 Å². The van der Waals surface area contributed by atoms with Gasteiger partial charge in [0.2, 0.25) is 0 Å². The zero-order valence-corrected chi connectivity index (χ0v) is 14.8. The Morgan fingerprint density at radius 1 is 0.889 bits per heavy atom. The third kappa shape index (κ3) is 2.60. The lowest BCUT2D eigenvalue weighted by atomic mass is 10.00. The molecule has 0 atom stereocenters. The lowest BCUT2D eigenvalue weighted by Crippen LogP contribution is -1.99. The summed E-state index contributed by atoms with van der Waals surface area (Å²) in [4.78, 5) is 16.9. The second kappa shape index (κ2) is 6.21. The molecule has 0 unspecified atom stereocenters. The van der Waals surface area contributed by atoms with Crippen molar-refractivity contribution in [1.82, 2.24) is 19.9 Å². The molecule has 0 fully saturated rings. The van der Waals surface area contributed by atoms with Crippen LogP contribution in [0.3, 0.4) is 0 Å². The Kier molecular flexibility index (Phi) is 3.57. The predicted octanol–water partition coefficient (Wildman–Crippen LogP) is 4.88. The van der Waals surface area contributed by atoms with E-state index in [9.17, 15) is 0 Å². The van der Waals surface area contributed by atoms with Gasteiger partial charge in [0.15, 0.2) is 5.82 Å². The highest BCUT2D eigenvalue weighted by atomic mass is 15.0. The van der Waals surface area contributed by atoms with Crippen molar-refractivity contribution in [2.24, 2.45) is 0 Å². The van der Waals surface area contributed by atoms with Crippen molar-refractivity contribution in [2.45, 2.75) is 0 Å². The SMILES string of the molecule is CNc1nc(-c2cccnc2)nc2ccc(-c3cccc4[nH]ccc34)cc12. The molecule has 0 aliphatic carbocycles. The number of pyridine rings is 1. The fraction of sp³-hybridized carbons (Fsp3) is 0.0455. The van der Waals surface area contributed by atoms with E-state index < -0.39 is 0 Å². The first-order chi connectivity index (χ1) is 13.3. The lowest BCUT2D eigenvalue weighted by Gasteiger charge is -2.10. The summed E-state index contributed by atoms with van der Waals surface area (Å²) in [7, 11) is 1.88. The van der Waals surface area contributed by atoms with Gasteiger partial charge < -0.3 is 10.3 Å². The second-order valence-corrected chi connectivity index (χ2v) is 6.36. The highest BCUT2D eigenvalue weighted by Gasteiger charge is 2.11. The van der Waals surface area contributed by atoms with E-state index in [0.29, 0.717) is 5.82 Å². The Morgan fingerprint density at radius 3 is 2.70 bits per heavy atom. The van der Waals surface area contributed by atoms with Gasteiger partial charge in [-0.3, -0.25) is 4.98 Å². The normalized spacial score (nSPS) is 11.1. The van der Waals surface area contributed by atoms with Gasteiger partial charge in [-0.05, 0) is 47.5 Å². The van der Waals surface area contributed by atoms with Gasteiger partial charge >= 0.3 is 0 Å². The molecule has 130 valence electrons. The molecule has 0 aliphatic heterocycles. The van der Waals surface area contributed by atoms with E-state index in [0.717, 1.165) is 33.4 Å². The van der Waals surface area contributed by atoms with Crippen molar-refractivity contribution in [1.29, 1.82) is 0 Å². The van der Waals surface area contributed by atoms with Crippen LogP contribution in [0, 0.1) is 0 Å². The first kappa shape index (κ1) is 15.5. The van der Waals surface area contributed by atoms with Crippen LogP contribution < -0.4 is 5.32 Å². The third-order valence-corrected chi connectivity index (χ3v) is 4.76. The van der Waals surface area contributed by atoms with E-state index in [4.69, 9.17) is 9.97 Å². The molecule has 27 heavy (non-hydrogen) atoms. The number of nitrogens with zero attached hydrogens (tertiary/aromatic N) is 3. The van der Waals surface area contributed by atoms with Gasteiger partial charge in [-0.25, -0.2) is 9.97 Å². The first-order valence-electron chi connectivity index (χ1n) is 8.80. The van der Waals surface area contributed by atoms with Crippen molar-refractivity contribution in [3.63, 3.8) is 0 Å². The average molecular weight is 351 g/mol. The molecule has 5 rings (SSSR count). The van der Waals surface area contributed by atoms with Crippen molar-refractivity contribution in [2.75, 3.05) is 12.4 Å². The predicted molar refractivity (Wildman–Crippen MR) is 110 cm³/mol. The number of aromatic nitrogens is 4. The van der Waals surface area contributed by atoms with E-state index in [2.05, 4.69) is 57.7 Å². The molecule has 3 aromatic heterocycles. The number of fused-ring (bicyclic) bond motifs is 2. The van der Waals surface area contributed by atoms with Gasteiger partial charge in [0.05, 0.1) is 5.52 Å². The molecule has 5 heteroatoms. The van der Waals surface area contributed by atoms with Gasteiger partial charge in [0, 0.05) is 47.5 Å². The second-order valence-electron chi connectivity index (χ2n) is 6.36. The van der Waals surface area contributed by atoms with Crippen molar-refractivity contribution >= 4 is 27.6 Å². The van der Waals surface area contributed by atoms with Crippen molar-refractivity contribution in [3.8, 4) is 22.5 Å². The summed E-state index contributed by atoms with van der Waals surface area (Å²) in [5.41, 5.74) is 5.26. The monoisotopic (exact) mass is 351 g/mol. The molecular weight excluding hydrogens is 334 g/mol. The molecule has 5 nitrogen and oxygen atoms in total. The zero-order valence-electron chi connectivity index (χ0n) is 14.8. The molecule has 0 saturated carbocycles.